The van der Waals surface area contributed by atoms with Gasteiger partial charge in [0.2, 0.25) is 0 Å². The fraction of sp³-hybridized carbons (Fsp3) is 0.154. The molecule has 0 aromatic heterocycles. The summed E-state index contributed by atoms with van der Waals surface area (Å²) in [5.41, 5.74) is 3.57. The molecule has 0 spiro atoms. The van der Waals surface area contributed by atoms with Crippen LogP contribution in [0.3, 0.4) is 0 Å². The molecule has 1 aliphatic heterocycles. The zero-order valence-electron chi connectivity index (χ0n) is 18.0. The monoisotopic (exact) mass is 445 g/mol. The minimum atomic E-state index is -0.390. The summed E-state index contributed by atoms with van der Waals surface area (Å²) < 4.78 is 0. The Labute approximate surface area is 192 Å². The van der Waals surface area contributed by atoms with Gasteiger partial charge in [-0.25, -0.2) is 4.90 Å². The number of halogens is 1. The Bertz CT molecular complexity index is 1150. The molecule has 5 nitrogen and oxygen atoms in total. The molecule has 0 bridgehead atoms. The van der Waals surface area contributed by atoms with Gasteiger partial charge in [-0.15, -0.1) is 0 Å². The van der Waals surface area contributed by atoms with Crippen LogP contribution in [0.25, 0.3) is 5.57 Å². The van der Waals surface area contributed by atoms with Crippen LogP contribution in [0.15, 0.2) is 84.6 Å². The van der Waals surface area contributed by atoms with Crippen LogP contribution in [0.5, 0.6) is 0 Å². The standard InChI is InChI=1S/C26H24ClN3O2/c1-3-29(4-2)21-16-14-20(15-17-21)28-24-23(18-10-12-19(27)13-11-18)25(31)30(26(24)32)22-8-6-5-7-9-22/h5-17,28H,3-4H2,1-2H3. The summed E-state index contributed by atoms with van der Waals surface area (Å²) in [5, 5.41) is 3.76. The first-order chi connectivity index (χ1) is 15.5. The maximum atomic E-state index is 13.4. The van der Waals surface area contributed by atoms with Crippen molar-refractivity contribution in [3.05, 3.63) is 95.1 Å². The Kier molecular flexibility index (Phi) is 6.28. The van der Waals surface area contributed by atoms with Crippen molar-refractivity contribution in [2.45, 2.75) is 13.8 Å². The van der Waals surface area contributed by atoms with Crippen molar-refractivity contribution in [3.8, 4) is 0 Å². The van der Waals surface area contributed by atoms with Gasteiger partial charge in [-0.05, 0) is 67.9 Å². The van der Waals surface area contributed by atoms with Crippen LogP contribution < -0.4 is 15.1 Å². The minimum Gasteiger partial charge on any atom is -0.372 e. The number of amides is 2. The van der Waals surface area contributed by atoms with Crippen LogP contribution in [0, 0.1) is 0 Å². The summed E-state index contributed by atoms with van der Waals surface area (Å²) in [4.78, 5) is 30.2. The Balaban J connectivity index is 1.73. The van der Waals surface area contributed by atoms with Crippen molar-refractivity contribution < 1.29 is 9.59 Å². The maximum Gasteiger partial charge on any atom is 0.282 e. The highest BCUT2D eigenvalue weighted by Gasteiger charge is 2.40. The van der Waals surface area contributed by atoms with Gasteiger partial charge >= 0.3 is 0 Å². The van der Waals surface area contributed by atoms with Crippen LogP contribution in [0.4, 0.5) is 17.1 Å². The maximum absolute atomic E-state index is 13.4. The van der Waals surface area contributed by atoms with Crippen molar-refractivity contribution in [2.24, 2.45) is 0 Å². The van der Waals surface area contributed by atoms with E-state index in [1.807, 2.05) is 30.3 Å². The molecule has 0 aliphatic carbocycles. The van der Waals surface area contributed by atoms with Gasteiger partial charge in [0.1, 0.15) is 5.70 Å². The Hall–Kier alpha value is -3.57. The molecular weight excluding hydrogens is 422 g/mol. The van der Waals surface area contributed by atoms with Gasteiger partial charge in [0.25, 0.3) is 11.8 Å². The number of carbonyl (C=O) groups excluding carboxylic acids is 2. The lowest BCUT2D eigenvalue weighted by Gasteiger charge is -2.21. The normalized spacial score (nSPS) is 13.7. The highest BCUT2D eigenvalue weighted by atomic mass is 35.5. The third-order valence-corrected chi connectivity index (χ3v) is 5.75. The largest absolute Gasteiger partial charge is 0.372 e. The molecule has 1 heterocycles. The van der Waals surface area contributed by atoms with Crippen LogP contribution in [0.2, 0.25) is 5.02 Å². The molecule has 3 aromatic rings. The fourth-order valence-corrected chi connectivity index (χ4v) is 3.96. The molecule has 1 aliphatic rings. The second-order valence-electron chi connectivity index (χ2n) is 7.38. The SMILES string of the molecule is CCN(CC)c1ccc(NC2=C(c3ccc(Cl)cc3)C(=O)N(c3ccccc3)C2=O)cc1. The first-order valence-corrected chi connectivity index (χ1v) is 11.0. The Morgan fingerprint density at radius 3 is 2.03 bits per heavy atom. The first-order valence-electron chi connectivity index (χ1n) is 10.6. The lowest BCUT2D eigenvalue weighted by atomic mass is 10.0. The van der Waals surface area contributed by atoms with Crippen LogP contribution in [-0.2, 0) is 9.59 Å². The van der Waals surface area contributed by atoms with Gasteiger partial charge in [-0.2, -0.15) is 0 Å². The highest BCUT2D eigenvalue weighted by molar-refractivity contribution is 6.46. The van der Waals surface area contributed by atoms with Gasteiger partial charge in [0.05, 0.1) is 11.3 Å². The molecule has 1 N–H and O–H groups in total. The average molecular weight is 446 g/mol. The first kappa shape index (κ1) is 21.7. The number of carbonyl (C=O) groups is 2. The molecule has 0 unspecified atom stereocenters. The van der Waals surface area contributed by atoms with E-state index in [1.165, 1.54) is 4.90 Å². The van der Waals surface area contributed by atoms with E-state index in [4.69, 9.17) is 11.6 Å². The van der Waals surface area contributed by atoms with E-state index >= 15 is 0 Å². The molecule has 0 atom stereocenters. The topological polar surface area (TPSA) is 52.7 Å². The molecule has 32 heavy (non-hydrogen) atoms. The number of hydrogen-bond donors (Lipinski definition) is 1. The van der Waals surface area contributed by atoms with Gasteiger partial charge in [0, 0.05) is 29.5 Å². The van der Waals surface area contributed by atoms with Crippen molar-refractivity contribution >= 4 is 46.1 Å². The summed E-state index contributed by atoms with van der Waals surface area (Å²) in [6, 6.07) is 23.7. The lowest BCUT2D eigenvalue weighted by Crippen LogP contribution is -2.32. The van der Waals surface area contributed by atoms with Crippen molar-refractivity contribution in [1.82, 2.24) is 0 Å². The number of nitrogens with zero attached hydrogens (tertiary/aromatic N) is 2. The lowest BCUT2D eigenvalue weighted by molar-refractivity contribution is -0.120. The number of nitrogens with one attached hydrogen (secondary N) is 1. The fourth-order valence-electron chi connectivity index (χ4n) is 3.83. The molecule has 0 fully saturated rings. The minimum absolute atomic E-state index is 0.247. The molecule has 6 heteroatoms. The zero-order chi connectivity index (χ0) is 22.7. The summed E-state index contributed by atoms with van der Waals surface area (Å²) in [7, 11) is 0. The van der Waals surface area contributed by atoms with Crippen LogP contribution >= 0.6 is 11.6 Å². The van der Waals surface area contributed by atoms with E-state index < -0.39 is 0 Å². The molecular formula is C26H24ClN3O2. The average Bonchev–Trinajstić information content (AvgIpc) is 3.06. The zero-order valence-corrected chi connectivity index (χ0v) is 18.8. The van der Waals surface area contributed by atoms with Gasteiger partial charge < -0.3 is 10.2 Å². The molecule has 0 saturated heterocycles. The number of para-hydroxylation sites is 1. The van der Waals surface area contributed by atoms with Crippen molar-refractivity contribution in [3.63, 3.8) is 0 Å². The number of benzene rings is 3. The number of anilines is 3. The second-order valence-corrected chi connectivity index (χ2v) is 7.82. The summed E-state index contributed by atoms with van der Waals surface area (Å²) in [6.45, 7) is 6.04. The van der Waals surface area contributed by atoms with Crippen molar-refractivity contribution in [2.75, 3.05) is 28.2 Å². The summed E-state index contributed by atoms with van der Waals surface area (Å²) in [6.07, 6.45) is 0. The van der Waals surface area contributed by atoms with E-state index in [0.717, 1.165) is 24.5 Å². The molecule has 0 saturated carbocycles. The summed E-state index contributed by atoms with van der Waals surface area (Å²) in [5.74, 6) is -0.759. The Morgan fingerprint density at radius 1 is 0.812 bits per heavy atom. The van der Waals surface area contributed by atoms with Gasteiger partial charge in [0.15, 0.2) is 0 Å². The quantitative estimate of drug-likeness (QED) is 0.482. The Morgan fingerprint density at radius 2 is 1.44 bits per heavy atom. The number of hydrogen-bond acceptors (Lipinski definition) is 4. The van der Waals surface area contributed by atoms with E-state index in [-0.39, 0.29) is 17.5 Å². The van der Waals surface area contributed by atoms with Crippen LogP contribution in [-0.4, -0.2) is 24.9 Å². The number of imide groups is 1. The van der Waals surface area contributed by atoms with Crippen LogP contribution in [0.1, 0.15) is 19.4 Å². The third-order valence-electron chi connectivity index (χ3n) is 5.50. The molecule has 0 radical (unpaired) electrons. The van der Waals surface area contributed by atoms with E-state index in [1.54, 1.807) is 48.5 Å². The van der Waals surface area contributed by atoms with Gasteiger partial charge in [-0.3, -0.25) is 9.59 Å². The van der Waals surface area contributed by atoms with Crippen molar-refractivity contribution in [1.29, 1.82) is 0 Å². The number of rotatable bonds is 7. The van der Waals surface area contributed by atoms with E-state index in [0.29, 0.717) is 21.8 Å². The molecule has 3 aromatic carbocycles. The summed E-state index contributed by atoms with van der Waals surface area (Å²) >= 11 is 6.04. The highest BCUT2D eigenvalue weighted by Crippen LogP contribution is 2.34. The smallest absolute Gasteiger partial charge is 0.282 e. The molecule has 2 amide bonds. The van der Waals surface area contributed by atoms with E-state index in [9.17, 15) is 9.59 Å². The molecule has 4 rings (SSSR count). The second kappa shape index (κ2) is 9.28. The predicted octanol–water partition coefficient (Wildman–Crippen LogP) is 5.58. The third kappa shape index (κ3) is 4.12. The predicted molar refractivity (Wildman–Crippen MR) is 131 cm³/mol. The van der Waals surface area contributed by atoms with E-state index in [2.05, 4.69) is 24.1 Å². The van der Waals surface area contributed by atoms with Gasteiger partial charge in [-0.1, -0.05) is 41.9 Å². The molecule has 162 valence electrons.